The first-order chi connectivity index (χ1) is 12.5. The van der Waals surface area contributed by atoms with Crippen molar-refractivity contribution in [3.63, 3.8) is 0 Å². The van der Waals surface area contributed by atoms with E-state index in [2.05, 4.69) is 0 Å². The number of carbonyl (C=O) groups is 3. The fourth-order valence-electron chi connectivity index (χ4n) is 2.40. The van der Waals surface area contributed by atoms with Crippen molar-refractivity contribution in [1.82, 2.24) is 0 Å². The fourth-order valence-corrected chi connectivity index (χ4v) is 2.40. The molecule has 0 spiro atoms. The molecule has 1 heterocycles. The number of nitro groups is 1. The number of nitro benzene ring substituents is 1. The molecule has 7 heteroatoms. The summed E-state index contributed by atoms with van der Waals surface area (Å²) in [5.74, 6) is -1.12. The van der Waals surface area contributed by atoms with Crippen molar-refractivity contribution in [3.05, 3.63) is 88.0 Å². The predicted molar refractivity (Wildman–Crippen MR) is 94.5 cm³/mol. The standard InChI is InChI=1S/C19H12N2O5/c22-17(10-3-13-1-6-16(7-2-13)21(25)26)14-4-8-15(9-5-14)20-18(23)11-12-19(20)24/h1-12H/b10-3+. The monoisotopic (exact) mass is 348 g/mol. The van der Waals surface area contributed by atoms with E-state index in [0.717, 1.165) is 4.90 Å². The van der Waals surface area contributed by atoms with E-state index in [4.69, 9.17) is 0 Å². The third kappa shape index (κ3) is 3.46. The van der Waals surface area contributed by atoms with Crippen LogP contribution in [0.25, 0.3) is 6.08 Å². The summed E-state index contributed by atoms with van der Waals surface area (Å²) in [6.07, 6.45) is 5.28. The van der Waals surface area contributed by atoms with E-state index in [9.17, 15) is 24.5 Å². The van der Waals surface area contributed by atoms with Crippen molar-refractivity contribution < 1.29 is 19.3 Å². The number of imide groups is 1. The largest absolute Gasteiger partial charge is 0.289 e. The zero-order valence-electron chi connectivity index (χ0n) is 13.4. The Morgan fingerprint density at radius 1 is 0.923 bits per heavy atom. The predicted octanol–water partition coefficient (Wildman–Crippen LogP) is 2.92. The van der Waals surface area contributed by atoms with Gasteiger partial charge in [0, 0.05) is 29.8 Å². The number of non-ortho nitro benzene ring substituents is 1. The summed E-state index contributed by atoms with van der Waals surface area (Å²) in [5, 5.41) is 10.6. The molecule has 2 aromatic carbocycles. The molecule has 128 valence electrons. The van der Waals surface area contributed by atoms with E-state index in [1.807, 2.05) is 0 Å². The molecule has 0 saturated heterocycles. The zero-order valence-corrected chi connectivity index (χ0v) is 13.4. The van der Waals surface area contributed by atoms with Gasteiger partial charge in [-0.15, -0.1) is 0 Å². The number of hydrogen-bond donors (Lipinski definition) is 0. The van der Waals surface area contributed by atoms with Gasteiger partial charge in [0.25, 0.3) is 17.5 Å². The average Bonchev–Trinajstić information content (AvgIpc) is 2.98. The van der Waals surface area contributed by atoms with Gasteiger partial charge in [-0.3, -0.25) is 24.5 Å². The Hall–Kier alpha value is -3.87. The molecule has 0 atom stereocenters. The van der Waals surface area contributed by atoms with Crippen molar-refractivity contribution in [1.29, 1.82) is 0 Å². The molecule has 1 aliphatic heterocycles. The van der Waals surface area contributed by atoms with E-state index in [-0.39, 0.29) is 11.5 Å². The van der Waals surface area contributed by atoms with Crippen LogP contribution in [0, 0.1) is 10.1 Å². The molecule has 0 bridgehead atoms. The number of ketones is 1. The lowest BCUT2D eigenvalue weighted by molar-refractivity contribution is -0.384. The van der Waals surface area contributed by atoms with Gasteiger partial charge in [-0.25, -0.2) is 4.90 Å². The van der Waals surface area contributed by atoms with Gasteiger partial charge in [-0.2, -0.15) is 0 Å². The van der Waals surface area contributed by atoms with Gasteiger partial charge >= 0.3 is 0 Å². The van der Waals surface area contributed by atoms with Crippen molar-refractivity contribution in [3.8, 4) is 0 Å². The molecule has 0 saturated carbocycles. The molecule has 3 rings (SSSR count). The minimum absolute atomic E-state index is 0.0236. The van der Waals surface area contributed by atoms with E-state index < -0.39 is 16.7 Å². The van der Waals surface area contributed by atoms with Crippen LogP contribution in [0.15, 0.2) is 66.8 Å². The number of anilines is 1. The second-order valence-corrected chi connectivity index (χ2v) is 5.44. The molecule has 0 N–H and O–H groups in total. The Morgan fingerprint density at radius 2 is 1.50 bits per heavy atom. The molecule has 2 aromatic rings. The van der Waals surface area contributed by atoms with Crippen molar-refractivity contribution in [2.75, 3.05) is 4.90 Å². The van der Waals surface area contributed by atoms with Gasteiger partial charge < -0.3 is 0 Å². The first-order valence-electron chi connectivity index (χ1n) is 7.59. The lowest BCUT2D eigenvalue weighted by Gasteiger charge is -2.13. The molecule has 0 aliphatic carbocycles. The van der Waals surface area contributed by atoms with E-state index in [1.165, 1.54) is 54.6 Å². The molecular formula is C19H12N2O5. The molecule has 0 unspecified atom stereocenters. The second-order valence-electron chi connectivity index (χ2n) is 5.44. The lowest BCUT2D eigenvalue weighted by atomic mass is 10.1. The highest BCUT2D eigenvalue weighted by molar-refractivity contribution is 6.28. The number of benzene rings is 2. The normalized spacial score (nSPS) is 13.6. The third-order valence-electron chi connectivity index (χ3n) is 3.75. The van der Waals surface area contributed by atoms with Gasteiger partial charge in [0.1, 0.15) is 0 Å². The van der Waals surface area contributed by atoms with Gasteiger partial charge in [-0.05, 0) is 48.0 Å². The van der Waals surface area contributed by atoms with Crippen LogP contribution in [0.2, 0.25) is 0 Å². The Morgan fingerprint density at radius 3 is 2.04 bits per heavy atom. The summed E-state index contributed by atoms with van der Waals surface area (Å²) in [7, 11) is 0. The maximum absolute atomic E-state index is 12.2. The summed E-state index contributed by atoms with van der Waals surface area (Å²) >= 11 is 0. The van der Waals surface area contributed by atoms with Gasteiger partial charge in [-0.1, -0.05) is 6.08 Å². The third-order valence-corrected chi connectivity index (χ3v) is 3.75. The van der Waals surface area contributed by atoms with Crippen molar-refractivity contribution >= 4 is 35.0 Å². The Kier molecular flexibility index (Phi) is 4.53. The van der Waals surface area contributed by atoms with Crippen molar-refractivity contribution in [2.45, 2.75) is 0 Å². The topological polar surface area (TPSA) is 97.6 Å². The number of amides is 2. The Labute approximate surface area is 148 Å². The molecule has 0 aromatic heterocycles. The van der Waals surface area contributed by atoms with Crippen LogP contribution in [0.1, 0.15) is 15.9 Å². The van der Waals surface area contributed by atoms with Crippen molar-refractivity contribution in [2.24, 2.45) is 0 Å². The summed E-state index contributed by atoms with van der Waals surface area (Å²) in [4.78, 5) is 46.6. The fraction of sp³-hybridized carbons (Fsp3) is 0. The van der Waals surface area contributed by atoms with Crippen LogP contribution < -0.4 is 4.90 Å². The number of allylic oxidation sites excluding steroid dienone is 1. The Balaban J connectivity index is 1.71. The molecule has 0 fully saturated rings. The summed E-state index contributed by atoms with van der Waals surface area (Å²) in [6.45, 7) is 0. The maximum Gasteiger partial charge on any atom is 0.269 e. The summed E-state index contributed by atoms with van der Waals surface area (Å²) in [5.41, 5.74) is 1.41. The van der Waals surface area contributed by atoms with Crippen LogP contribution in [0.3, 0.4) is 0 Å². The van der Waals surface area contributed by atoms with Crippen LogP contribution in [0.4, 0.5) is 11.4 Å². The molecule has 0 radical (unpaired) electrons. The minimum atomic E-state index is -0.494. The highest BCUT2D eigenvalue weighted by Gasteiger charge is 2.24. The first kappa shape index (κ1) is 17.0. The number of hydrogen-bond acceptors (Lipinski definition) is 5. The number of carbonyl (C=O) groups excluding carboxylic acids is 3. The Bertz CT molecular complexity index is 938. The highest BCUT2D eigenvalue weighted by Crippen LogP contribution is 2.20. The molecule has 1 aliphatic rings. The van der Waals surface area contributed by atoms with Crippen LogP contribution in [-0.4, -0.2) is 22.5 Å². The zero-order chi connectivity index (χ0) is 18.7. The SMILES string of the molecule is O=C(/C=C/c1ccc([N+](=O)[O-])cc1)c1ccc(N2C(=O)C=CC2=O)cc1. The first-order valence-corrected chi connectivity index (χ1v) is 7.59. The molecule has 2 amide bonds. The van der Waals surface area contributed by atoms with E-state index in [1.54, 1.807) is 18.2 Å². The molecule has 26 heavy (non-hydrogen) atoms. The van der Waals surface area contributed by atoms with Crippen LogP contribution in [-0.2, 0) is 9.59 Å². The molecular weight excluding hydrogens is 336 g/mol. The van der Waals surface area contributed by atoms with Crippen LogP contribution in [0.5, 0.6) is 0 Å². The second kappa shape index (κ2) is 6.94. The molecule has 7 nitrogen and oxygen atoms in total. The van der Waals surface area contributed by atoms with E-state index >= 15 is 0 Å². The smallest absolute Gasteiger partial charge is 0.269 e. The summed E-state index contributed by atoms with van der Waals surface area (Å²) in [6, 6.07) is 11.9. The van der Waals surface area contributed by atoms with Gasteiger partial charge in [0.05, 0.1) is 10.6 Å². The average molecular weight is 348 g/mol. The van der Waals surface area contributed by atoms with E-state index in [0.29, 0.717) is 16.8 Å². The van der Waals surface area contributed by atoms with Gasteiger partial charge in [0.15, 0.2) is 5.78 Å². The van der Waals surface area contributed by atoms with Gasteiger partial charge in [0.2, 0.25) is 0 Å². The minimum Gasteiger partial charge on any atom is -0.289 e. The number of rotatable bonds is 5. The highest BCUT2D eigenvalue weighted by atomic mass is 16.6. The maximum atomic E-state index is 12.2. The number of nitrogens with zero attached hydrogens (tertiary/aromatic N) is 2. The quantitative estimate of drug-likeness (QED) is 0.272. The lowest BCUT2D eigenvalue weighted by Crippen LogP contribution is -2.29. The summed E-state index contributed by atoms with van der Waals surface area (Å²) < 4.78 is 0. The van der Waals surface area contributed by atoms with Crippen LogP contribution >= 0.6 is 0 Å².